The van der Waals surface area contributed by atoms with Gasteiger partial charge in [-0.2, -0.15) is 0 Å². The minimum atomic E-state index is 0.618. The van der Waals surface area contributed by atoms with Crippen LogP contribution in [0.25, 0.3) is 11.3 Å². The summed E-state index contributed by atoms with van der Waals surface area (Å²) >= 11 is 0. The largest absolute Gasteiger partial charge is 0.345 e. The topological polar surface area (TPSA) is 28.7 Å². The minimum absolute atomic E-state index is 0.618. The molecule has 1 aliphatic rings. The first-order valence-corrected chi connectivity index (χ1v) is 6.90. The van der Waals surface area contributed by atoms with Gasteiger partial charge in [-0.15, -0.1) is 0 Å². The molecule has 1 heterocycles. The van der Waals surface area contributed by atoms with Gasteiger partial charge in [0.2, 0.25) is 0 Å². The predicted octanol–water partition coefficient (Wildman–Crippen LogP) is 4.08. The molecule has 0 saturated heterocycles. The van der Waals surface area contributed by atoms with Crippen molar-refractivity contribution in [2.24, 2.45) is 0 Å². The molecular formula is C16H20N2. The second kappa shape index (κ2) is 4.60. The quantitative estimate of drug-likeness (QED) is 0.842. The SMILES string of the molecule is CC(C)c1ccc(-c2cnc[nH]2)c2c1CCCC2. The van der Waals surface area contributed by atoms with Crippen molar-refractivity contribution in [1.29, 1.82) is 0 Å². The van der Waals surface area contributed by atoms with E-state index in [1.54, 1.807) is 17.5 Å². The number of benzene rings is 1. The second-order valence-corrected chi connectivity index (χ2v) is 5.49. The molecule has 94 valence electrons. The molecule has 0 aliphatic heterocycles. The van der Waals surface area contributed by atoms with E-state index in [-0.39, 0.29) is 0 Å². The lowest BCUT2D eigenvalue weighted by Gasteiger charge is -2.24. The molecule has 1 aromatic carbocycles. The van der Waals surface area contributed by atoms with E-state index in [1.807, 2.05) is 6.20 Å². The molecule has 0 saturated carbocycles. The van der Waals surface area contributed by atoms with Crippen LogP contribution < -0.4 is 0 Å². The fourth-order valence-electron chi connectivity index (χ4n) is 3.09. The van der Waals surface area contributed by atoms with Crippen LogP contribution in [0.2, 0.25) is 0 Å². The number of hydrogen-bond donors (Lipinski definition) is 1. The Kier molecular flexibility index (Phi) is 2.94. The summed E-state index contributed by atoms with van der Waals surface area (Å²) < 4.78 is 0. The molecule has 1 aromatic heterocycles. The number of nitrogens with one attached hydrogen (secondary N) is 1. The van der Waals surface area contributed by atoms with E-state index in [2.05, 4.69) is 35.9 Å². The Balaban J connectivity index is 2.18. The third-order valence-electron chi connectivity index (χ3n) is 3.98. The van der Waals surface area contributed by atoms with Crippen LogP contribution in [0.1, 0.15) is 49.3 Å². The highest BCUT2D eigenvalue weighted by atomic mass is 14.9. The van der Waals surface area contributed by atoms with Gasteiger partial charge >= 0.3 is 0 Å². The Bertz CT molecular complexity index is 538. The number of H-pyrrole nitrogens is 1. The summed E-state index contributed by atoms with van der Waals surface area (Å²) in [7, 11) is 0. The van der Waals surface area contributed by atoms with E-state index in [1.165, 1.54) is 36.8 Å². The third kappa shape index (κ3) is 1.86. The van der Waals surface area contributed by atoms with Gasteiger partial charge in [0.25, 0.3) is 0 Å². The van der Waals surface area contributed by atoms with Crippen LogP contribution in [0.5, 0.6) is 0 Å². The van der Waals surface area contributed by atoms with Crippen LogP contribution in [-0.2, 0) is 12.8 Å². The lowest BCUT2D eigenvalue weighted by Crippen LogP contribution is -2.09. The zero-order valence-electron chi connectivity index (χ0n) is 11.2. The van der Waals surface area contributed by atoms with Crippen molar-refractivity contribution >= 4 is 0 Å². The Morgan fingerprint density at radius 3 is 2.56 bits per heavy atom. The van der Waals surface area contributed by atoms with Gasteiger partial charge in [-0.1, -0.05) is 26.0 Å². The van der Waals surface area contributed by atoms with Crippen LogP contribution in [0.3, 0.4) is 0 Å². The summed E-state index contributed by atoms with van der Waals surface area (Å²) in [6.45, 7) is 4.58. The monoisotopic (exact) mass is 240 g/mol. The summed E-state index contributed by atoms with van der Waals surface area (Å²) in [6, 6.07) is 4.58. The van der Waals surface area contributed by atoms with Crippen molar-refractivity contribution in [3.8, 4) is 11.3 Å². The van der Waals surface area contributed by atoms with Gasteiger partial charge in [0.05, 0.1) is 18.2 Å². The van der Waals surface area contributed by atoms with Crippen molar-refractivity contribution < 1.29 is 0 Å². The highest BCUT2D eigenvalue weighted by molar-refractivity contribution is 5.66. The molecule has 0 spiro atoms. The van der Waals surface area contributed by atoms with E-state index in [0.29, 0.717) is 5.92 Å². The normalized spacial score (nSPS) is 14.8. The average Bonchev–Trinajstić information content (AvgIpc) is 2.91. The maximum absolute atomic E-state index is 4.15. The molecule has 0 fully saturated rings. The van der Waals surface area contributed by atoms with Gasteiger partial charge in [-0.25, -0.2) is 4.98 Å². The fraction of sp³-hybridized carbons (Fsp3) is 0.438. The number of aromatic nitrogens is 2. The molecule has 0 atom stereocenters. The Morgan fingerprint density at radius 2 is 1.89 bits per heavy atom. The molecule has 2 nitrogen and oxygen atoms in total. The smallest absolute Gasteiger partial charge is 0.0924 e. The Hall–Kier alpha value is -1.57. The molecule has 0 unspecified atom stereocenters. The average molecular weight is 240 g/mol. The number of rotatable bonds is 2. The molecule has 0 bridgehead atoms. The van der Waals surface area contributed by atoms with Crippen molar-refractivity contribution in [1.82, 2.24) is 9.97 Å². The van der Waals surface area contributed by atoms with Crippen molar-refractivity contribution in [3.63, 3.8) is 0 Å². The first-order chi connectivity index (χ1) is 8.77. The first kappa shape index (κ1) is 11.5. The van der Waals surface area contributed by atoms with Gasteiger partial charge < -0.3 is 4.98 Å². The van der Waals surface area contributed by atoms with Crippen molar-refractivity contribution in [2.45, 2.75) is 45.4 Å². The molecule has 0 amide bonds. The third-order valence-corrected chi connectivity index (χ3v) is 3.98. The van der Waals surface area contributed by atoms with Crippen molar-refractivity contribution in [3.05, 3.63) is 41.3 Å². The Labute approximate surface area is 108 Å². The molecule has 1 aliphatic carbocycles. The zero-order chi connectivity index (χ0) is 12.5. The summed E-state index contributed by atoms with van der Waals surface area (Å²) in [5.74, 6) is 0.618. The number of imidazole rings is 1. The maximum Gasteiger partial charge on any atom is 0.0924 e. The Morgan fingerprint density at radius 1 is 1.11 bits per heavy atom. The molecule has 18 heavy (non-hydrogen) atoms. The second-order valence-electron chi connectivity index (χ2n) is 5.49. The summed E-state index contributed by atoms with van der Waals surface area (Å²) in [4.78, 5) is 7.39. The predicted molar refractivity (Wildman–Crippen MR) is 74.8 cm³/mol. The van der Waals surface area contributed by atoms with Gasteiger partial charge in [-0.3, -0.25) is 0 Å². The highest BCUT2D eigenvalue weighted by Gasteiger charge is 2.19. The van der Waals surface area contributed by atoms with E-state index in [0.717, 1.165) is 5.69 Å². The molecule has 0 radical (unpaired) electrons. The standard InChI is InChI=1S/C16H20N2/c1-11(2)12-7-8-15(16-9-17-10-18-16)14-6-4-3-5-13(12)14/h7-11H,3-6H2,1-2H3,(H,17,18). The molecule has 2 aromatic rings. The summed E-state index contributed by atoms with van der Waals surface area (Å²) in [5, 5.41) is 0. The summed E-state index contributed by atoms with van der Waals surface area (Å²) in [6.07, 6.45) is 8.80. The molecular weight excluding hydrogens is 220 g/mol. The summed E-state index contributed by atoms with van der Waals surface area (Å²) in [5.41, 5.74) is 7.20. The molecule has 3 rings (SSSR count). The number of aromatic amines is 1. The van der Waals surface area contributed by atoms with Gasteiger partial charge in [0.1, 0.15) is 0 Å². The van der Waals surface area contributed by atoms with Gasteiger partial charge in [0.15, 0.2) is 0 Å². The van der Waals surface area contributed by atoms with Crippen molar-refractivity contribution in [2.75, 3.05) is 0 Å². The van der Waals surface area contributed by atoms with E-state index in [9.17, 15) is 0 Å². The van der Waals surface area contributed by atoms with Crippen LogP contribution in [0, 0.1) is 0 Å². The first-order valence-electron chi connectivity index (χ1n) is 6.90. The fourth-order valence-corrected chi connectivity index (χ4v) is 3.09. The molecule has 1 N–H and O–H groups in total. The van der Waals surface area contributed by atoms with Crippen LogP contribution in [0.15, 0.2) is 24.7 Å². The van der Waals surface area contributed by atoms with E-state index in [4.69, 9.17) is 0 Å². The van der Waals surface area contributed by atoms with Crippen LogP contribution in [-0.4, -0.2) is 9.97 Å². The van der Waals surface area contributed by atoms with Crippen LogP contribution in [0.4, 0.5) is 0 Å². The number of fused-ring (bicyclic) bond motifs is 1. The lowest BCUT2D eigenvalue weighted by molar-refractivity contribution is 0.671. The van der Waals surface area contributed by atoms with E-state index >= 15 is 0 Å². The maximum atomic E-state index is 4.15. The van der Waals surface area contributed by atoms with E-state index < -0.39 is 0 Å². The van der Waals surface area contributed by atoms with Gasteiger partial charge in [-0.05, 0) is 48.3 Å². The minimum Gasteiger partial charge on any atom is -0.345 e. The zero-order valence-corrected chi connectivity index (χ0v) is 11.2. The highest BCUT2D eigenvalue weighted by Crippen LogP contribution is 2.35. The number of nitrogens with zero attached hydrogens (tertiary/aromatic N) is 1. The lowest BCUT2D eigenvalue weighted by atomic mass is 9.81. The molecule has 2 heteroatoms. The number of hydrogen-bond acceptors (Lipinski definition) is 1. The van der Waals surface area contributed by atoms with Gasteiger partial charge in [0, 0.05) is 5.56 Å². The van der Waals surface area contributed by atoms with Crippen LogP contribution >= 0.6 is 0 Å².